The van der Waals surface area contributed by atoms with Crippen LogP contribution in [-0.4, -0.2) is 10.2 Å². The average Bonchev–Trinajstić information content (AvgIpc) is 3.18. The molecular weight excluding hydrogens is 1210 g/mol. The van der Waals surface area contributed by atoms with Crippen molar-refractivity contribution in [2.75, 3.05) is 0 Å². The summed E-state index contributed by atoms with van der Waals surface area (Å²) in [4.78, 5) is 0. The van der Waals surface area contributed by atoms with E-state index in [4.69, 9.17) is 9.05 Å². The number of hydrogen-bond acceptors (Lipinski definition) is 5. The van der Waals surface area contributed by atoms with Crippen molar-refractivity contribution in [2.45, 2.75) is 11.2 Å². The molecule has 0 radical (unpaired) electrons. The standard InChI is InChI=1S/C38H21Br8O5P/c39-27-25(28(40)32(44)35(47)31(27)43)37(21-13-5-1-6-14-21,22-15-7-2-8-16-22)50-52(49)51-38(23-17-9-3-10-18-23,24-19-11-4-12-20-24)26-29(41)33(45)36(48)34(46)30(26)42/h1-20H,(H-,47,48)/p+1. The smallest absolute Gasteiger partial charge is 0.505 e. The summed E-state index contributed by atoms with van der Waals surface area (Å²) >= 11 is 29.1. The first-order valence-corrected chi connectivity index (χ1v) is 22.5. The van der Waals surface area contributed by atoms with Gasteiger partial charge in [-0.3, -0.25) is 0 Å². The molecular formula is C38H22Br8O5P+. The van der Waals surface area contributed by atoms with E-state index in [0.717, 1.165) is 0 Å². The normalized spacial score (nSPS) is 11.8. The van der Waals surface area contributed by atoms with Crippen LogP contribution in [0.2, 0.25) is 0 Å². The molecule has 52 heavy (non-hydrogen) atoms. The molecule has 0 aliphatic rings. The number of rotatable bonds is 10. The van der Waals surface area contributed by atoms with Gasteiger partial charge in [-0.1, -0.05) is 130 Å². The van der Waals surface area contributed by atoms with E-state index in [-0.39, 0.29) is 11.5 Å². The monoisotopic (exact) mass is 1220 g/mol. The number of hydrogen-bond donors (Lipinski definition) is 2. The second-order valence-corrected chi connectivity index (χ2v) is 18.3. The van der Waals surface area contributed by atoms with Crippen molar-refractivity contribution >= 4 is 136 Å². The molecule has 0 saturated heterocycles. The summed E-state index contributed by atoms with van der Waals surface area (Å²) in [7, 11) is -3.12. The van der Waals surface area contributed by atoms with Crippen molar-refractivity contribution in [3.63, 3.8) is 0 Å². The van der Waals surface area contributed by atoms with Gasteiger partial charge in [0.05, 0.1) is 17.9 Å². The highest BCUT2D eigenvalue weighted by Gasteiger charge is 2.56. The number of phenolic OH excluding ortho intramolecular Hbond substituents is 2. The average molecular weight is 1230 g/mol. The summed E-state index contributed by atoms with van der Waals surface area (Å²) in [5.41, 5.74) is 0.268. The summed E-state index contributed by atoms with van der Waals surface area (Å²) in [5.74, 6) is -0.105. The Labute approximate surface area is 368 Å². The summed E-state index contributed by atoms with van der Waals surface area (Å²) in [5, 5.41) is 22.0. The lowest BCUT2D eigenvalue weighted by Gasteiger charge is -2.35. The molecule has 0 bridgehead atoms. The second-order valence-electron chi connectivity index (χ2n) is 11.2. The Morgan fingerprint density at radius 2 is 0.596 bits per heavy atom. The molecule has 0 fully saturated rings. The zero-order chi connectivity index (χ0) is 37.4. The fraction of sp³-hybridized carbons (Fsp3) is 0.0526. The fourth-order valence-corrected chi connectivity index (χ4v) is 12.4. The van der Waals surface area contributed by atoms with Crippen molar-refractivity contribution in [2.24, 2.45) is 0 Å². The lowest BCUT2D eigenvalue weighted by molar-refractivity contribution is 0.0814. The Bertz CT molecular complexity index is 1980. The lowest BCUT2D eigenvalue weighted by Crippen LogP contribution is -2.35. The Morgan fingerprint density at radius 3 is 0.808 bits per heavy atom. The molecule has 0 aliphatic heterocycles. The van der Waals surface area contributed by atoms with Gasteiger partial charge in [-0.15, -0.1) is 0 Å². The number of aromatic hydroxyl groups is 2. The molecule has 6 aromatic rings. The van der Waals surface area contributed by atoms with E-state index in [1.54, 1.807) is 0 Å². The Balaban J connectivity index is 1.70. The molecule has 0 saturated carbocycles. The maximum atomic E-state index is 15.3. The van der Waals surface area contributed by atoms with Gasteiger partial charge in [-0.05, 0) is 150 Å². The lowest BCUT2D eigenvalue weighted by atomic mass is 9.80. The third kappa shape index (κ3) is 7.15. The summed E-state index contributed by atoms with van der Waals surface area (Å²) < 4.78 is 32.5. The molecule has 0 atom stereocenters. The minimum Gasteiger partial charge on any atom is -0.505 e. The van der Waals surface area contributed by atoms with Crippen LogP contribution >= 0.6 is 136 Å². The van der Waals surface area contributed by atoms with Crippen LogP contribution in [0.3, 0.4) is 0 Å². The Hall–Kier alpha value is -1.22. The molecule has 2 N–H and O–H groups in total. The van der Waals surface area contributed by atoms with Gasteiger partial charge in [-0.2, -0.15) is 0 Å². The molecule has 6 aromatic carbocycles. The number of benzene rings is 6. The van der Waals surface area contributed by atoms with Crippen LogP contribution in [0.25, 0.3) is 0 Å². The summed E-state index contributed by atoms with van der Waals surface area (Å²) in [6.45, 7) is 0. The van der Waals surface area contributed by atoms with Crippen LogP contribution < -0.4 is 0 Å². The third-order valence-electron chi connectivity index (χ3n) is 8.33. The maximum Gasteiger partial charge on any atom is 0.700 e. The first-order valence-electron chi connectivity index (χ1n) is 15.1. The highest BCUT2D eigenvalue weighted by molar-refractivity contribution is 9.14. The first kappa shape index (κ1) is 40.4. The van der Waals surface area contributed by atoms with Crippen LogP contribution in [0.15, 0.2) is 157 Å². The maximum absolute atomic E-state index is 15.3. The zero-order valence-electron chi connectivity index (χ0n) is 26.1. The Morgan fingerprint density at radius 1 is 0.385 bits per heavy atom. The van der Waals surface area contributed by atoms with Crippen molar-refractivity contribution in [3.8, 4) is 11.5 Å². The highest BCUT2D eigenvalue weighted by Crippen LogP contribution is 2.60. The van der Waals surface area contributed by atoms with Crippen molar-refractivity contribution in [3.05, 3.63) is 190 Å². The van der Waals surface area contributed by atoms with E-state index in [2.05, 4.69) is 127 Å². The molecule has 0 spiro atoms. The predicted molar refractivity (Wildman–Crippen MR) is 233 cm³/mol. The quantitative estimate of drug-likeness (QED) is 0.0812. The summed E-state index contributed by atoms with van der Waals surface area (Å²) in [6.07, 6.45) is 0. The fourth-order valence-electron chi connectivity index (χ4n) is 6.00. The number of halogens is 8. The van der Waals surface area contributed by atoms with E-state index in [1.807, 2.05) is 121 Å². The van der Waals surface area contributed by atoms with Gasteiger partial charge in [-0.25, -0.2) is 0 Å². The topological polar surface area (TPSA) is 76.0 Å². The van der Waals surface area contributed by atoms with Crippen LogP contribution in [0.4, 0.5) is 0 Å². The molecule has 264 valence electrons. The zero-order valence-corrected chi connectivity index (χ0v) is 39.7. The van der Waals surface area contributed by atoms with Gasteiger partial charge in [0.1, 0.15) is 11.5 Å². The molecule has 6 rings (SSSR count). The predicted octanol–water partition coefficient (Wildman–Crippen LogP) is 15.2. The van der Waals surface area contributed by atoms with Crippen LogP contribution in [-0.2, 0) is 24.8 Å². The molecule has 0 aromatic heterocycles. The van der Waals surface area contributed by atoms with Crippen LogP contribution in [0.1, 0.15) is 33.4 Å². The van der Waals surface area contributed by atoms with Crippen LogP contribution in [0, 0.1) is 0 Å². The minimum absolute atomic E-state index is 0.0523. The van der Waals surface area contributed by atoms with Gasteiger partial charge in [0, 0.05) is 33.6 Å². The van der Waals surface area contributed by atoms with Gasteiger partial charge >= 0.3 is 8.25 Å². The first-order chi connectivity index (χ1) is 24.9. The second kappa shape index (κ2) is 16.9. The molecule has 0 heterocycles. The van der Waals surface area contributed by atoms with E-state index in [1.165, 1.54) is 0 Å². The van der Waals surface area contributed by atoms with Crippen LogP contribution in [0.5, 0.6) is 11.5 Å². The molecule has 14 heteroatoms. The van der Waals surface area contributed by atoms with Gasteiger partial charge in [0.25, 0.3) is 0 Å². The molecule has 0 aliphatic carbocycles. The van der Waals surface area contributed by atoms with Gasteiger partial charge in [0.15, 0.2) is 0 Å². The van der Waals surface area contributed by atoms with E-state index < -0.39 is 19.5 Å². The van der Waals surface area contributed by atoms with E-state index in [9.17, 15) is 10.2 Å². The minimum atomic E-state index is -3.12. The summed E-state index contributed by atoms with van der Waals surface area (Å²) in [6, 6.07) is 37.5. The molecule has 0 amide bonds. The largest absolute Gasteiger partial charge is 0.700 e. The van der Waals surface area contributed by atoms with Crippen molar-refractivity contribution in [1.82, 2.24) is 0 Å². The van der Waals surface area contributed by atoms with Crippen molar-refractivity contribution < 1.29 is 23.8 Å². The third-order valence-corrected chi connectivity index (χ3v) is 17.6. The van der Waals surface area contributed by atoms with E-state index in [0.29, 0.717) is 69.2 Å². The number of phenols is 2. The Kier molecular flexibility index (Phi) is 13.1. The SMILES string of the molecule is O=[P+](OC(c1ccccc1)(c1ccccc1)c1c(Br)c(Br)c(O)c(Br)c1Br)OC(c1ccccc1)(c1ccccc1)c1c(Br)c(Br)c(O)c(Br)c1Br. The molecule has 5 nitrogen and oxygen atoms in total. The van der Waals surface area contributed by atoms with Gasteiger partial charge < -0.3 is 10.2 Å². The van der Waals surface area contributed by atoms with Gasteiger partial charge in [0.2, 0.25) is 11.2 Å². The highest BCUT2D eigenvalue weighted by atomic mass is 79.9. The van der Waals surface area contributed by atoms with Crippen molar-refractivity contribution in [1.29, 1.82) is 0 Å². The van der Waals surface area contributed by atoms with E-state index >= 15 is 4.57 Å². The molecule has 0 unspecified atom stereocenters.